The Hall–Kier alpha value is -0.940. The number of rotatable bonds is 4. The summed E-state index contributed by atoms with van der Waals surface area (Å²) in [6, 6.07) is 4.32. The molecule has 0 amide bonds. The van der Waals surface area contributed by atoms with Gasteiger partial charge in [0, 0.05) is 31.3 Å². The van der Waals surface area contributed by atoms with Gasteiger partial charge in [-0.25, -0.2) is 0 Å². The van der Waals surface area contributed by atoms with Crippen molar-refractivity contribution in [1.82, 2.24) is 0 Å². The molecule has 1 saturated heterocycles. The van der Waals surface area contributed by atoms with E-state index >= 15 is 0 Å². The molecule has 0 saturated carbocycles. The maximum atomic E-state index is 13.3. The highest BCUT2D eigenvalue weighted by Gasteiger charge is 2.36. The molecule has 1 aliphatic heterocycles. The molecular weight excluding hydrogens is 303 g/mol. The zero-order valence-electron chi connectivity index (χ0n) is 11.9. The first kappa shape index (κ1) is 16.4. The maximum Gasteiger partial charge on any atom is 0.418 e. The van der Waals surface area contributed by atoms with E-state index in [2.05, 4.69) is 0 Å². The lowest BCUT2D eigenvalue weighted by molar-refractivity contribution is -0.137. The molecular formula is C15H19ClF3NO. The second-order valence-electron chi connectivity index (χ2n) is 5.15. The monoisotopic (exact) mass is 321 g/mol. The zero-order valence-corrected chi connectivity index (χ0v) is 12.7. The predicted octanol–water partition coefficient (Wildman–Crippen LogP) is 4.45. The van der Waals surface area contributed by atoms with Gasteiger partial charge >= 0.3 is 6.18 Å². The molecule has 1 atom stereocenters. The van der Waals surface area contributed by atoms with Crippen molar-refractivity contribution in [3.05, 3.63) is 29.3 Å². The molecule has 0 aromatic heterocycles. The molecule has 2 nitrogen and oxygen atoms in total. The fourth-order valence-electron chi connectivity index (χ4n) is 2.70. The van der Waals surface area contributed by atoms with E-state index in [0.29, 0.717) is 25.3 Å². The second kappa shape index (κ2) is 6.88. The number of ether oxygens (including phenoxy) is 1. The van der Waals surface area contributed by atoms with Gasteiger partial charge < -0.3 is 9.64 Å². The predicted molar refractivity (Wildman–Crippen MR) is 77.9 cm³/mol. The molecule has 0 aliphatic carbocycles. The number of piperidine rings is 1. The van der Waals surface area contributed by atoms with E-state index in [1.54, 1.807) is 11.0 Å². The van der Waals surface area contributed by atoms with Crippen molar-refractivity contribution >= 4 is 17.3 Å². The minimum atomic E-state index is -4.38. The van der Waals surface area contributed by atoms with E-state index in [0.717, 1.165) is 18.9 Å². The highest BCUT2D eigenvalue weighted by Crippen LogP contribution is 2.38. The van der Waals surface area contributed by atoms with E-state index in [1.807, 2.05) is 6.92 Å². The van der Waals surface area contributed by atoms with Crippen molar-refractivity contribution in [2.75, 3.05) is 24.6 Å². The molecule has 0 bridgehead atoms. The van der Waals surface area contributed by atoms with E-state index < -0.39 is 11.7 Å². The number of hydrogen-bond donors (Lipinski definition) is 0. The minimum absolute atomic E-state index is 0.00228. The molecule has 21 heavy (non-hydrogen) atoms. The molecule has 2 rings (SSSR count). The summed E-state index contributed by atoms with van der Waals surface area (Å²) in [6.07, 6.45) is -2.65. The van der Waals surface area contributed by atoms with Crippen molar-refractivity contribution in [3.63, 3.8) is 0 Å². The third kappa shape index (κ3) is 4.04. The van der Waals surface area contributed by atoms with Gasteiger partial charge in [-0.2, -0.15) is 13.2 Å². The number of benzene rings is 1. The van der Waals surface area contributed by atoms with Gasteiger partial charge in [-0.1, -0.05) is 6.07 Å². The van der Waals surface area contributed by atoms with Crippen LogP contribution in [-0.2, 0) is 16.8 Å². The number of halogens is 4. The van der Waals surface area contributed by atoms with Crippen molar-refractivity contribution < 1.29 is 17.9 Å². The molecule has 1 unspecified atom stereocenters. The average Bonchev–Trinajstić information content (AvgIpc) is 2.46. The fraction of sp³-hybridized carbons (Fsp3) is 0.600. The number of anilines is 1. The SMILES string of the molecule is CCOC1CCCN(c2ccc(CCl)cc2C(F)(F)F)C1. The first-order chi connectivity index (χ1) is 9.95. The van der Waals surface area contributed by atoms with Gasteiger partial charge in [0.1, 0.15) is 0 Å². The summed E-state index contributed by atoms with van der Waals surface area (Å²) in [5, 5.41) is 0. The molecule has 1 fully saturated rings. The summed E-state index contributed by atoms with van der Waals surface area (Å²) in [5.74, 6) is 0.0743. The third-order valence-electron chi connectivity index (χ3n) is 3.64. The molecule has 1 heterocycles. The smallest absolute Gasteiger partial charge is 0.377 e. The Morgan fingerprint density at radius 2 is 2.14 bits per heavy atom. The van der Waals surface area contributed by atoms with Gasteiger partial charge in [0.05, 0.1) is 11.7 Å². The van der Waals surface area contributed by atoms with Gasteiger partial charge in [0.2, 0.25) is 0 Å². The fourth-order valence-corrected chi connectivity index (χ4v) is 2.86. The van der Waals surface area contributed by atoms with Gasteiger partial charge in [0.15, 0.2) is 0 Å². The molecule has 0 N–H and O–H groups in total. The number of alkyl halides is 4. The van der Waals surface area contributed by atoms with Crippen LogP contribution in [0.4, 0.5) is 18.9 Å². The Balaban J connectivity index is 2.29. The summed E-state index contributed by atoms with van der Waals surface area (Å²) in [6.45, 7) is 3.59. The van der Waals surface area contributed by atoms with E-state index in [-0.39, 0.29) is 17.7 Å². The van der Waals surface area contributed by atoms with E-state index in [4.69, 9.17) is 16.3 Å². The molecule has 0 radical (unpaired) electrons. The van der Waals surface area contributed by atoms with Gasteiger partial charge in [-0.05, 0) is 37.5 Å². The van der Waals surface area contributed by atoms with Crippen molar-refractivity contribution in [1.29, 1.82) is 0 Å². The Bertz CT molecular complexity index is 476. The summed E-state index contributed by atoms with van der Waals surface area (Å²) in [7, 11) is 0. The molecule has 118 valence electrons. The topological polar surface area (TPSA) is 12.5 Å². The number of nitrogens with zero attached hydrogens (tertiary/aromatic N) is 1. The molecule has 6 heteroatoms. The van der Waals surface area contributed by atoms with Crippen molar-refractivity contribution in [3.8, 4) is 0 Å². The normalized spacial score (nSPS) is 19.9. The lowest BCUT2D eigenvalue weighted by Crippen LogP contribution is -2.40. The first-order valence-electron chi connectivity index (χ1n) is 7.08. The summed E-state index contributed by atoms with van der Waals surface area (Å²) in [4.78, 5) is 1.77. The molecule has 1 aromatic carbocycles. The van der Waals surface area contributed by atoms with Gasteiger partial charge in [-0.3, -0.25) is 0 Å². The number of hydrogen-bond acceptors (Lipinski definition) is 2. The van der Waals surface area contributed by atoms with Crippen LogP contribution < -0.4 is 4.90 Å². The van der Waals surface area contributed by atoms with Crippen molar-refractivity contribution in [2.24, 2.45) is 0 Å². The molecule has 1 aliphatic rings. The molecule has 0 spiro atoms. The van der Waals surface area contributed by atoms with Crippen LogP contribution in [0.2, 0.25) is 0 Å². The Morgan fingerprint density at radius 1 is 1.38 bits per heavy atom. The maximum absolute atomic E-state index is 13.3. The van der Waals surface area contributed by atoms with Gasteiger partial charge in [-0.15, -0.1) is 11.6 Å². The van der Waals surface area contributed by atoms with E-state index in [9.17, 15) is 13.2 Å². The van der Waals surface area contributed by atoms with Crippen LogP contribution in [0.15, 0.2) is 18.2 Å². The third-order valence-corrected chi connectivity index (χ3v) is 3.95. The average molecular weight is 322 g/mol. The lowest BCUT2D eigenvalue weighted by Gasteiger charge is -2.35. The Kier molecular flexibility index (Phi) is 5.38. The quantitative estimate of drug-likeness (QED) is 0.760. The second-order valence-corrected chi connectivity index (χ2v) is 5.42. The van der Waals surface area contributed by atoms with Crippen molar-refractivity contribution in [2.45, 2.75) is 37.9 Å². The van der Waals surface area contributed by atoms with Crippen LogP contribution in [0, 0.1) is 0 Å². The Morgan fingerprint density at radius 3 is 2.76 bits per heavy atom. The van der Waals surface area contributed by atoms with E-state index in [1.165, 1.54) is 6.07 Å². The highest BCUT2D eigenvalue weighted by atomic mass is 35.5. The first-order valence-corrected chi connectivity index (χ1v) is 7.61. The summed E-state index contributed by atoms with van der Waals surface area (Å²) in [5.41, 5.74) is 0.0877. The van der Waals surface area contributed by atoms with Crippen LogP contribution in [0.25, 0.3) is 0 Å². The highest BCUT2D eigenvalue weighted by molar-refractivity contribution is 6.17. The minimum Gasteiger partial charge on any atom is -0.377 e. The standard InChI is InChI=1S/C15H19ClF3NO/c1-2-21-12-4-3-7-20(10-12)14-6-5-11(9-16)8-13(14)15(17,18)19/h5-6,8,12H,2-4,7,9-10H2,1H3. The summed E-state index contributed by atoms with van der Waals surface area (Å²) >= 11 is 5.65. The van der Waals surface area contributed by atoms with Gasteiger partial charge in [0.25, 0.3) is 0 Å². The Labute approximate surface area is 127 Å². The summed E-state index contributed by atoms with van der Waals surface area (Å²) < 4.78 is 45.4. The van der Waals surface area contributed by atoms with Crippen LogP contribution in [-0.4, -0.2) is 25.8 Å². The lowest BCUT2D eigenvalue weighted by atomic mass is 10.0. The van der Waals surface area contributed by atoms with Crippen LogP contribution in [0.1, 0.15) is 30.9 Å². The van der Waals surface area contributed by atoms with Crippen LogP contribution in [0.3, 0.4) is 0 Å². The van der Waals surface area contributed by atoms with Crippen LogP contribution >= 0.6 is 11.6 Å². The molecule has 1 aromatic rings. The largest absolute Gasteiger partial charge is 0.418 e. The zero-order chi connectivity index (χ0) is 15.5. The van der Waals surface area contributed by atoms with Crippen LogP contribution in [0.5, 0.6) is 0 Å².